The molecule has 0 spiro atoms. The Morgan fingerprint density at radius 2 is 1.74 bits per heavy atom. The van der Waals surface area contributed by atoms with Gasteiger partial charge in [0.2, 0.25) is 0 Å². The van der Waals surface area contributed by atoms with E-state index in [4.69, 9.17) is 21.9 Å². The molecule has 2 aromatic carbocycles. The lowest BCUT2D eigenvalue weighted by Crippen LogP contribution is -2.29. The Kier molecular flexibility index (Phi) is 6.31. The number of hydrogen-bond acceptors (Lipinski definition) is 3. The van der Waals surface area contributed by atoms with E-state index < -0.39 is 0 Å². The zero-order valence-corrected chi connectivity index (χ0v) is 21.3. The number of rotatable bonds is 6. The lowest BCUT2D eigenvalue weighted by molar-refractivity contribution is 0.415. The molecule has 0 aliphatic carbocycles. The van der Waals surface area contributed by atoms with Gasteiger partial charge in [0.05, 0.1) is 24.9 Å². The third kappa shape index (κ3) is 4.08. The van der Waals surface area contributed by atoms with E-state index in [-0.39, 0.29) is 12.1 Å². The summed E-state index contributed by atoms with van der Waals surface area (Å²) in [6.07, 6.45) is 2.82. The van der Waals surface area contributed by atoms with E-state index in [1.54, 1.807) is 7.11 Å². The Labute approximate surface area is 212 Å². The summed E-state index contributed by atoms with van der Waals surface area (Å²) in [5.74, 6) is 0.819. The number of aryl methyl sites for hydroxylation is 2. The molecule has 0 radical (unpaired) electrons. The Hall–Kier alpha value is -3.64. The Bertz CT molecular complexity index is 1350. The van der Waals surface area contributed by atoms with E-state index in [0.717, 1.165) is 23.6 Å². The Morgan fingerprint density at radius 3 is 2.43 bits per heavy atom. The van der Waals surface area contributed by atoms with Crippen LogP contribution in [0.1, 0.15) is 47.2 Å². The van der Waals surface area contributed by atoms with Crippen molar-refractivity contribution in [2.75, 3.05) is 12.0 Å². The van der Waals surface area contributed by atoms with Crippen molar-refractivity contribution < 1.29 is 4.74 Å². The molecule has 35 heavy (non-hydrogen) atoms. The number of anilines is 1. The van der Waals surface area contributed by atoms with Crippen molar-refractivity contribution in [2.24, 2.45) is 0 Å². The summed E-state index contributed by atoms with van der Waals surface area (Å²) >= 11 is 5.90. The maximum Gasteiger partial charge on any atom is 0.174 e. The van der Waals surface area contributed by atoms with Crippen LogP contribution in [0.4, 0.5) is 5.69 Å². The molecule has 0 amide bonds. The number of para-hydroxylation sites is 1. The molecule has 2 aromatic heterocycles. The summed E-state index contributed by atoms with van der Waals surface area (Å²) in [6, 6.07) is 24.9. The lowest BCUT2D eigenvalue weighted by Gasteiger charge is -2.28. The van der Waals surface area contributed by atoms with Crippen molar-refractivity contribution in [3.8, 4) is 11.4 Å². The van der Waals surface area contributed by atoms with Gasteiger partial charge >= 0.3 is 0 Å². The molecule has 1 aliphatic rings. The topological polar surface area (TPSA) is 42.3 Å². The number of aromatic nitrogens is 2. The van der Waals surface area contributed by atoms with Crippen LogP contribution < -0.4 is 15.0 Å². The summed E-state index contributed by atoms with van der Waals surface area (Å²) in [4.78, 5) is 6.91. The van der Waals surface area contributed by atoms with Crippen LogP contribution in [-0.4, -0.2) is 21.8 Å². The molecule has 5 rings (SSSR count). The number of nitrogens with one attached hydrogen (secondary N) is 1. The summed E-state index contributed by atoms with van der Waals surface area (Å²) in [5, 5.41) is 4.26. The molecule has 2 atom stereocenters. The maximum atomic E-state index is 5.90. The predicted octanol–water partition coefficient (Wildman–Crippen LogP) is 6.24. The van der Waals surface area contributed by atoms with Gasteiger partial charge in [-0.15, -0.1) is 0 Å². The Morgan fingerprint density at radius 1 is 1.00 bits per heavy atom. The quantitative estimate of drug-likeness (QED) is 0.330. The molecule has 4 aromatic rings. The first kappa shape index (κ1) is 23.1. The van der Waals surface area contributed by atoms with Gasteiger partial charge in [0.25, 0.3) is 0 Å². The summed E-state index contributed by atoms with van der Waals surface area (Å²) in [7, 11) is 1.68. The second kappa shape index (κ2) is 9.55. The van der Waals surface area contributed by atoms with Gasteiger partial charge in [-0.25, -0.2) is 0 Å². The molecule has 5 nitrogen and oxygen atoms in total. The molecular formula is C29H30N4OS. The first-order chi connectivity index (χ1) is 17.0. The van der Waals surface area contributed by atoms with Crippen molar-refractivity contribution in [2.45, 2.75) is 39.3 Å². The molecule has 3 heterocycles. The fourth-order valence-corrected chi connectivity index (χ4v) is 5.52. The minimum absolute atomic E-state index is 0.0560. The fraction of sp³-hybridized carbons (Fsp3) is 0.241. The molecule has 6 heteroatoms. The van der Waals surface area contributed by atoms with E-state index in [0.29, 0.717) is 5.11 Å². The SMILES string of the molecule is CCc1ccccc1-n1c(C)cc([C@H]2[C@@H](c3ccccn3)NC(=S)N2c2ccc(OC)cc2)c1C. The number of thiocarbonyl (C=S) groups is 1. The standard InChI is InChI=1S/C29H30N4OS/c1-5-21-10-6-7-12-26(21)32-19(2)18-24(20(32)3)28-27(25-11-8-9-17-30-25)31-29(35)33(28)22-13-15-23(34-4)16-14-22/h6-18,27-28H,5H2,1-4H3,(H,31,35)/t27-,28+/m1/s1. The maximum absolute atomic E-state index is 5.90. The molecule has 1 fully saturated rings. The normalized spacial score (nSPS) is 17.5. The average molecular weight is 483 g/mol. The Balaban J connectivity index is 1.68. The van der Waals surface area contributed by atoms with Gasteiger partial charge in [-0.1, -0.05) is 31.2 Å². The summed E-state index contributed by atoms with van der Waals surface area (Å²) < 4.78 is 7.76. The summed E-state index contributed by atoms with van der Waals surface area (Å²) in [5.41, 5.74) is 8.18. The predicted molar refractivity (Wildman–Crippen MR) is 146 cm³/mol. The largest absolute Gasteiger partial charge is 0.497 e. The summed E-state index contributed by atoms with van der Waals surface area (Å²) in [6.45, 7) is 6.59. The van der Waals surface area contributed by atoms with Crippen molar-refractivity contribution in [1.29, 1.82) is 0 Å². The molecule has 0 saturated carbocycles. The second-order valence-electron chi connectivity index (χ2n) is 8.84. The number of methoxy groups -OCH3 is 1. The molecule has 1 saturated heterocycles. The highest BCUT2D eigenvalue weighted by atomic mass is 32.1. The van der Waals surface area contributed by atoms with Crippen LogP contribution in [0.5, 0.6) is 5.75 Å². The number of benzene rings is 2. The third-order valence-corrected chi connectivity index (χ3v) is 7.17. The number of nitrogens with zero attached hydrogens (tertiary/aromatic N) is 3. The highest BCUT2D eigenvalue weighted by Gasteiger charge is 2.42. The highest BCUT2D eigenvalue weighted by Crippen LogP contribution is 2.44. The van der Waals surface area contributed by atoms with Crippen LogP contribution in [-0.2, 0) is 6.42 Å². The van der Waals surface area contributed by atoms with Crippen LogP contribution in [0.15, 0.2) is 79.0 Å². The zero-order valence-electron chi connectivity index (χ0n) is 20.5. The van der Waals surface area contributed by atoms with Crippen LogP contribution in [0.3, 0.4) is 0 Å². The highest BCUT2D eigenvalue weighted by molar-refractivity contribution is 7.80. The average Bonchev–Trinajstić information content (AvgIpc) is 3.39. The molecule has 1 N–H and O–H groups in total. The lowest BCUT2D eigenvalue weighted by atomic mass is 9.96. The van der Waals surface area contributed by atoms with E-state index in [1.807, 2.05) is 30.5 Å². The number of hydrogen-bond donors (Lipinski definition) is 1. The number of ether oxygens (including phenoxy) is 1. The molecule has 0 unspecified atom stereocenters. The van der Waals surface area contributed by atoms with E-state index >= 15 is 0 Å². The zero-order chi connectivity index (χ0) is 24.5. The monoisotopic (exact) mass is 482 g/mol. The van der Waals surface area contributed by atoms with Gasteiger partial charge in [0, 0.05) is 29.0 Å². The second-order valence-corrected chi connectivity index (χ2v) is 9.23. The van der Waals surface area contributed by atoms with Crippen molar-refractivity contribution in [3.63, 3.8) is 0 Å². The van der Waals surface area contributed by atoms with Crippen molar-refractivity contribution in [1.82, 2.24) is 14.9 Å². The van der Waals surface area contributed by atoms with Gasteiger partial charge in [-0.3, -0.25) is 4.98 Å². The fourth-order valence-electron chi connectivity index (χ4n) is 5.18. The third-order valence-electron chi connectivity index (χ3n) is 6.85. The van der Waals surface area contributed by atoms with Crippen LogP contribution >= 0.6 is 12.2 Å². The molecular weight excluding hydrogens is 452 g/mol. The van der Waals surface area contributed by atoms with E-state index in [1.165, 1.54) is 28.2 Å². The first-order valence-corrected chi connectivity index (χ1v) is 12.4. The van der Waals surface area contributed by atoms with Crippen molar-refractivity contribution in [3.05, 3.63) is 107 Å². The molecule has 0 bridgehead atoms. The smallest absolute Gasteiger partial charge is 0.174 e. The minimum Gasteiger partial charge on any atom is -0.497 e. The minimum atomic E-state index is -0.0822. The van der Waals surface area contributed by atoms with E-state index in [2.05, 4.69) is 84.1 Å². The van der Waals surface area contributed by atoms with Crippen LogP contribution in [0, 0.1) is 13.8 Å². The first-order valence-electron chi connectivity index (χ1n) is 11.9. The number of pyridine rings is 1. The van der Waals surface area contributed by atoms with Gasteiger partial charge in [-0.2, -0.15) is 0 Å². The van der Waals surface area contributed by atoms with Gasteiger partial charge in [-0.05, 0) is 92.1 Å². The molecule has 178 valence electrons. The van der Waals surface area contributed by atoms with Crippen molar-refractivity contribution >= 4 is 23.0 Å². The van der Waals surface area contributed by atoms with Crippen LogP contribution in [0.25, 0.3) is 5.69 Å². The van der Waals surface area contributed by atoms with Gasteiger partial charge in [0.1, 0.15) is 5.75 Å². The molecule has 1 aliphatic heterocycles. The van der Waals surface area contributed by atoms with Gasteiger partial charge < -0.3 is 19.5 Å². The van der Waals surface area contributed by atoms with E-state index in [9.17, 15) is 0 Å². The van der Waals surface area contributed by atoms with Crippen LogP contribution in [0.2, 0.25) is 0 Å². The van der Waals surface area contributed by atoms with Gasteiger partial charge in [0.15, 0.2) is 5.11 Å².